The summed E-state index contributed by atoms with van der Waals surface area (Å²) in [5.74, 6) is 1.48. The molecule has 94 valence electrons. The topological polar surface area (TPSA) is 61.3 Å². The molecule has 5 heteroatoms. The van der Waals surface area contributed by atoms with Crippen molar-refractivity contribution >= 4 is 17.5 Å². The van der Waals surface area contributed by atoms with Gasteiger partial charge in [-0.2, -0.15) is 0 Å². The van der Waals surface area contributed by atoms with Gasteiger partial charge in [0, 0.05) is 16.5 Å². The van der Waals surface area contributed by atoms with Crippen molar-refractivity contribution in [3.63, 3.8) is 0 Å². The van der Waals surface area contributed by atoms with Crippen LogP contribution in [0.5, 0.6) is 5.75 Å². The molecule has 0 aliphatic heterocycles. The number of methoxy groups -OCH3 is 1. The number of nitrogen functional groups attached to an aromatic ring is 1. The van der Waals surface area contributed by atoms with Crippen LogP contribution in [0.2, 0.25) is 5.02 Å². The van der Waals surface area contributed by atoms with Gasteiger partial charge in [-0.3, -0.25) is 0 Å². The predicted octanol–water partition coefficient (Wildman–Crippen LogP) is 3.46. The summed E-state index contributed by atoms with van der Waals surface area (Å²) in [5, 5.41) is 4.69. The maximum atomic E-state index is 6.04. The number of halogens is 1. The first-order valence-corrected chi connectivity index (χ1v) is 6.17. The molecule has 2 aromatic rings. The van der Waals surface area contributed by atoms with Gasteiger partial charge in [-0.05, 0) is 31.0 Å². The lowest BCUT2D eigenvalue weighted by Crippen LogP contribution is -1.93. The van der Waals surface area contributed by atoms with Gasteiger partial charge in [-0.1, -0.05) is 16.8 Å². The molecule has 0 unspecified atom stereocenters. The zero-order chi connectivity index (χ0) is 12.7. The van der Waals surface area contributed by atoms with Crippen LogP contribution in [-0.2, 0) is 0 Å². The minimum absolute atomic E-state index is 0.317. The highest BCUT2D eigenvalue weighted by Crippen LogP contribution is 2.47. The van der Waals surface area contributed by atoms with E-state index in [1.54, 1.807) is 13.2 Å². The van der Waals surface area contributed by atoms with E-state index < -0.39 is 0 Å². The van der Waals surface area contributed by atoms with E-state index in [0.717, 1.165) is 35.4 Å². The summed E-state index contributed by atoms with van der Waals surface area (Å²) >= 11 is 6.04. The maximum Gasteiger partial charge on any atom is 0.230 e. The Morgan fingerprint density at radius 2 is 2.22 bits per heavy atom. The van der Waals surface area contributed by atoms with Crippen molar-refractivity contribution in [1.82, 2.24) is 5.16 Å². The fourth-order valence-corrected chi connectivity index (χ4v) is 2.27. The van der Waals surface area contributed by atoms with Crippen LogP contribution in [0.3, 0.4) is 0 Å². The molecule has 0 atom stereocenters. The minimum atomic E-state index is 0.317. The van der Waals surface area contributed by atoms with Gasteiger partial charge >= 0.3 is 0 Å². The molecule has 18 heavy (non-hydrogen) atoms. The quantitative estimate of drug-likeness (QED) is 0.922. The van der Waals surface area contributed by atoms with Crippen LogP contribution in [0.15, 0.2) is 22.7 Å². The van der Waals surface area contributed by atoms with Crippen molar-refractivity contribution in [3.05, 3.63) is 28.9 Å². The van der Waals surface area contributed by atoms with Crippen molar-refractivity contribution in [3.8, 4) is 16.9 Å². The molecule has 1 aromatic heterocycles. The number of nitrogens with zero attached hydrogens (tertiary/aromatic N) is 1. The van der Waals surface area contributed by atoms with E-state index >= 15 is 0 Å². The monoisotopic (exact) mass is 264 g/mol. The first-order chi connectivity index (χ1) is 8.70. The van der Waals surface area contributed by atoms with E-state index in [-0.39, 0.29) is 0 Å². The smallest absolute Gasteiger partial charge is 0.230 e. The molecule has 1 aliphatic carbocycles. The van der Waals surface area contributed by atoms with E-state index in [9.17, 15) is 0 Å². The zero-order valence-corrected chi connectivity index (χ0v) is 10.7. The Kier molecular flexibility index (Phi) is 2.67. The third-order valence-corrected chi connectivity index (χ3v) is 3.37. The molecular weight excluding hydrogens is 252 g/mol. The summed E-state index contributed by atoms with van der Waals surface area (Å²) in [4.78, 5) is 0. The van der Waals surface area contributed by atoms with E-state index in [1.165, 1.54) is 0 Å². The summed E-state index contributed by atoms with van der Waals surface area (Å²) in [6.07, 6.45) is 2.25. The zero-order valence-electron chi connectivity index (χ0n) is 9.94. The van der Waals surface area contributed by atoms with Crippen LogP contribution in [-0.4, -0.2) is 12.3 Å². The molecule has 1 fully saturated rings. The van der Waals surface area contributed by atoms with Crippen molar-refractivity contribution < 1.29 is 9.26 Å². The fourth-order valence-electron chi connectivity index (χ4n) is 2.10. The largest absolute Gasteiger partial charge is 0.496 e. The molecule has 4 nitrogen and oxygen atoms in total. The Balaban J connectivity index is 2.19. The number of rotatable bonds is 3. The minimum Gasteiger partial charge on any atom is -0.496 e. The lowest BCUT2D eigenvalue weighted by molar-refractivity contribution is 0.416. The van der Waals surface area contributed by atoms with Crippen molar-refractivity contribution in [2.45, 2.75) is 18.8 Å². The van der Waals surface area contributed by atoms with Gasteiger partial charge in [-0.25, -0.2) is 0 Å². The molecular formula is C13H13ClN2O2. The van der Waals surface area contributed by atoms with Gasteiger partial charge in [-0.15, -0.1) is 0 Å². The summed E-state index contributed by atoms with van der Waals surface area (Å²) in [7, 11) is 1.62. The lowest BCUT2D eigenvalue weighted by atomic mass is 10.0. The highest BCUT2D eigenvalue weighted by Gasteiger charge is 2.32. The molecule has 1 heterocycles. The maximum absolute atomic E-state index is 6.04. The molecule has 0 radical (unpaired) electrons. The van der Waals surface area contributed by atoms with Gasteiger partial charge in [0.25, 0.3) is 0 Å². The number of anilines is 1. The second-order valence-electron chi connectivity index (χ2n) is 4.43. The van der Waals surface area contributed by atoms with E-state index in [2.05, 4.69) is 5.16 Å². The van der Waals surface area contributed by atoms with E-state index in [4.69, 9.17) is 26.6 Å². The van der Waals surface area contributed by atoms with Gasteiger partial charge in [0.05, 0.1) is 18.4 Å². The second-order valence-corrected chi connectivity index (χ2v) is 4.86. The average Bonchev–Trinajstić information content (AvgIpc) is 3.13. The number of ether oxygens (including phenoxy) is 1. The highest BCUT2D eigenvalue weighted by atomic mass is 35.5. The molecule has 0 bridgehead atoms. The van der Waals surface area contributed by atoms with Gasteiger partial charge in [0.2, 0.25) is 5.88 Å². The number of nitrogens with two attached hydrogens (primary N) is 1. The first-order valence-electron chi connectivity index (χ1n) is 5.79. The molecule has 0 spiro atoms. The number of hydrogen-bond acceptors (Lipinski definition) is 4. The second kappa shape index (κ2) is 4.21. The summed E-state index contributed by atoms with van der Waals surface area (Å²) in [6.45, 7) is 0. The van der Waals surface area contributed by atoms with Crippen molar-refractivity contribution in [2.75, 3.05) is 12.8 Å². The Bertz CT molecular complexity index is 591. The normalized spacial score (nSPS) is 14.8. The number of hydrogen-bond donors (Lipinski definition) is 1. The third kappa shape index (κ3) is 1.82. The standard InChI is InChI=1S/C13H13ClN2O2/c1-17-10-5-4-8(14)6-9(10)11-12(7-2-3-7)16-18-13(11)15/h4-7H,2-3,15H2,1H3. The van der Waals surface area contributed by atoms with Crippen LogP contribution in [0.1, 0.15) is 24.5 Å². The molecule has 3 rings (SSSR count). The predicted molar refractivity (Wildman–Crippen MR) is 69.9 cm³/mol. The van der Waals surface area contributed by atoms with Gasteiger partial charge < -0.3 is 15.0 Å². The summed E-state index contributed by atoms with van der Waals surface area (Å²) in [5.41, 5.74) is 8.45. The molecule has 1 aliphatic rings. The van der Waals surface area contributed by atoms with E-state index in [1.807, 2.05) is 12.1 Å². The first kappa shape index (κ1) is 11.4. The van der Waals surface area contributed by atoms with Crippen molar-refractivity contribution in [1.29, 1.82) is 0 Å². The van der Waals surface area contributed by atoms with Crippen LogP contribution in [0, 0.1) is 0 Å². The average molecular weight is 265 g/mol. The van der Waals surface area contributed by atoms with Crippen LogP contribution < -0.4 is 10.5 Å². The van der Waals surface area contributed by atoms with Crippen LogP contribution in [0.4, 0.5) is 5.88 Å². The van der Waals surface area contributed by atoms with Crippen LogP contribution >= 0.6 is 11.6 Å². The Morgan fingerprint density at radius 3 is 2.89 bits per heavy atom. The highest BCUT2D eigenvalue weighted by molar-refractivity contribution is 6.31. The molecule has 1 saturated carbocycles. The molecule has 0 amide bonds. The fraction of sp³-hybridized carbons (Fsp3) is 0.308. The number of benzene rings is 1. The molecule has 2 N–H and O–H groups in total. The Hall–Kier alpha value is -1.68. The number of aromatic nitrogens is 1. The molecule has 0 saturated heterocycles. The lowest BCUT2D eigenvalue weighted by Gasteiger charge is -2.08. The SMILES string of the molecule is COc1ccc(Cl)cc1-c1c(C2CC2)noc1N. The molecule has 1 aromatic carbocycles. The Morgan fingerprint density at radius 1 is 1.44 bits per heavy atom. The van der Waals surface area contributed by atoms with Gasteiger partial charge in [0.1, 0.15) is 5.75 Å². The summed E-state index contributed by atoms with van der Waals surface area (Å²) < 4.78 is 10.5. The van der Waals surface area contributed by atoms with Gasteiger partial charge in [0.15, 0.2) is 0 Å². The summed E-state index contributed by atoms with van der Waals surface area (Å²) in [6, 6.07) is 5.43. The van der Waals surface area contributed by atoms with Crippen molar-refractivity contribution in [2.24, 2.45) is 0 Å². The van der Waals surface area contributed by atoms with Crippen LogP contribution in [0.25, 0.3) is 11.1 Å². The third-order valence-electron chi connectivity index (χ3n) is 3.14. The Labute approximate surface area is 110 Å². The van der Waals surface area contributed by atoms with E-state index in [0.29, 0.717) is 16.8 Å².